The molecule has 1 unspecified atom stereocenters. The van der Waals surface area contributed by atoms with Crippen LogP contribution in [-0.4, -0.2) is 53.4 Å². The van der Waals surface area contributed by atoms with Crippen molar-refractivity contribution in [2.24, 2.45) is 5.92 Å². The number of urea groups is 1. The molecule has 1 atom stereocenters. The van der Waals surface area contributed by atoms with Crippen molar-refractivity contribution in [1.82, 2.24) is 15.5 Å². The molecule has 1 aliphatic heterocycles. The minimum absolute atomic E-state index is 0.00527. The molecule has 2 aliphatic rings. The fraction of sp³-hybridized carbons (Fsp3) is 0.778. The lowest BCUT2D eigenvalue weighted by atomic mass is 9.77. The predicted molar refractivity (Wildman–Crippen MR) is 94.1 cm³/mol. The van der Waals surface area contributed by atoms with Crippen LogP contribution in [0, 0.1) is 5.92 Å². The van der Waals surface area contributed by atoms with Gasteiger partial charge in [-0.1, -0.05) is 20.3 Å². The number of carbonyl (C=O) groups is 4. The quantitative estimate of drug-likeness (QED) is 0.522. The summed E-state index contributed by atoms with van der Waals surface area (Å²) in [6, 6.07) is -0.562. The topological polar surface area (TPSA) is 105 Å². The molecule has 26 heavy (non-hydrogen) atoms. The van der Waals surface area contributed by atoms with Gasteiger partial charge in [-0.2, -0.15) is 0 Å². The molecule has 1 saturated carbocycles. The highest BCUT2D eigenvalue weighted by Gasteiger charge is 2.52. The predicted octanol–water partition coefficient (Wildman–Crippen LogP) is 1.34. The average molecular weight is 367 g/mol. The Morgan fingerprint density at radius 3 is 2.62 bits per heavy atom. The van der Waals surface area contributed by atoms with Crippen LogP contribution >= 0.6 is 0 Å². The highest BCUT2D eigenvalue weighted by Crippen LogP contribution is 2.36. The second-order valence-electron chi connectivity index (χ2n) is 7.50. The SMILES string of the molecule is CCCC(C)NC(=O)COC(=O)CN1C(=O)NC2(CCC(C)CC2)C1=O. The van der Waals surface area contributed by atoms with E-state index in [9.17, 15) is 19.2 Å². The van der Waals surface area contributed by atoms with Gasteiger partial charge in [0.25, 0.3) is 11.8 Å². The van der Waals surface area contributed by atoms with Gasteiger partial charge in [0.1, 0.15) is 12.1 Å². The zero-order valence-electron chi connectivity index (χ0n) is 15.8. The Labute approximate surface area is 154 Å². The van der Waals surface area contributed by atoms with Gasteiger partial charge in [0.2, 0.25) is 0 Å². The zero-order chi connectivity index (χ0) is 19.3. The molecule has 4 amide bonds. The Bertz CT molecular complexity index is 569. The number of nitrogens with one attached hydrogen (secondary N) is 2. The lowest BCUT2D eigenvalue weighted by Gasteiger charge is -2.33. The van der Waals surface area contributed by atoms with Gasteiger partial charge in [0, 0.05) is 6.04 Å². The van der Waals surface area contributed by atoms with Gasteiger partial charge in [0.05, 0.1) is 0 Å². The molecule has 1 saturated heterocycles. The van der Waals surface area contributed by atoms with Crippen LogP contribution in [0.25, 0.3) is 0 Å². The van der Waals surface area contributed by atoms with Crippen LogP contribution in [0.3, 0.4) is 0 Å². The van der Waals surface area contributed by atoms with Crippen LogP contribution in [0.15, 0.2) is 0 Å². The standard InChI is InChI=1S/C18H29N3O5/c1-4-5-13(3)19-14(22)11-26-15(23)10-21-16(24)18(20-17(21)25)8-6-12(2)7-9-18/h12-13H,4-11H2,1-3H3,(H,19,22)(H,20,25). The molecule has 0 aromatic rings. The molecule has 8 heteroatoms. The minimum atomic E-state index is -0.878. The third kappa shape index (κ3) is 4.74. The van der Waals surface area contributed by atoms with Crippen LogP contribution in [0.1, 0.15) is 59.3 Å². The second-order valence-corrected chi connectivity index (χ2v) is 7.50. The van der Waals surface area contributed by atoms with Gasteiger partial charge < -0.3 is 15.4 Å². The van der Waals surface area contributed by atoms with Crippen molar-refractivity contribution in [3.05, 3.63) is 0 Å². The summed E-state index contributed by atoms with van der Waals surface area (Å²) in [6.07, 6.45) is 4.67. The van der Waals surface area contributed by atoms with E-state index in [0.29, 0.717) is 18.8 Å². The van der Waals surface area contributed by atoms with E-state index in [1.807, 2.05) is 13.8 Å². The van der Waals surface area contributed by atoms with Crippen molar-refractivity contribution in [2.45, 2.75) is 70.9 Å². The van der Waals surface area contributed by atoms with Gasteiger partial charge >= 0.3 is 12.0 Å². The largest absolute Gasteiger partial charge is 0.454 e. The number of esters is 1. The van der Waals surface area contributed by atoms with Crippen LogP contribution in [0.5, 0.6) is 0 Å². The Balaban J connectivity index is 1.82. The molecule has 2 N–H and O–H groups in total. The first-order valence-electron chi connectivity index (χ1n) is 9.36. The summed E-state index contributed by atoms with van der Waals surface area (Å²) in [7, 11) is 0. The summed E-state index contributed by atoms with van der Waals surface area (Å²) in [5.74, 6) is -1.01. The number of amides is 4. The number of imide groups is 1. The van der Waals surface area contributed by atoms with Gasteiger partial charge in [-0.15, -0.1) is 0 Å². The van der Waals surface area contributed by atoms with E-state index in [0.717, 1.165) is 30.6 Å². The van der Waals surface area contributed by atoms with Gasteiger partial charge in [-0.25, -0.2) is 4.79 Å². The number of carbonyl (C=O) groups excluding carboxylic acids is 4. The van der Waals surface area contributed by atoms with E-state index in [4.69, 9.17) is 4.74 Å². The molecule has 0 aromatic heterocycles. The molecule has 2 rings (SSSR count). The molecular formula is C18H29N3O5. The summed E-state index contributed by atoms with van der Waals surface area (Å²) in [5, 5.41) is 5.47. The molecule has 1 heterocycles. The molecule has 1 aliphatic carbocycles. The molecule has 0 bridgehead atoms. The average Bonchev–Trinajstić information content (AvgIpc) is 2.80. The number of hydrogen-bond donors (Lipinski definition) is 2. The summed E-state index contributed by atoms with van der Waals surface area (Å²) in [5.41, 5.74) is -0.878. The molecule has 0 aromatic carbocycles. The van der Waals surface area contributed by atoms with E-state index in [1.54, 1.807) is 0 Å². The summed E-state index contributed by atoms with van der Waals surface area (Å²) >= 11 is 0. The van der Waals surface area contributed by atoms with Gasteiger partial charge in [-0.3, -0.25) is 19.3 Å². The molecular weight excluding hydrogens is 338 g/mol. The maximum absolute atomic E-state index is 12.6. The van der Waals surface area contributed by atoms with Crippen LogP contribution in [-0.2, 0) is 19.1 Å². The van der Waals surface area contributed by atoms with E-state index < -0.39 is 36.6 Å². The molecule has 8 nitrogen and oxygen atoms in total. The Morgan fingerprint density at radius 1 is 1.35 bits per heavy atom. The van der Waals surface area contributed by atoms with E-state index in [2.05, 4.69) is 17.6 Å². The van der Waals surface area contributed by atoms with Crippen LogP contribution in [0.4, 0.5) is 4.79 Å². The van der Waals surface area contributed by atoms with Crippen molar-refractivity contribution in [3.63, 3.8) is 0 Å². The molecule has 2 fully saturated rings. The third-order valence-corrected chi connectivity index (χ3v) is 5.15. The Morgan fingerprint density at radius 2 is 2.00 bits per heavy atom. The fourth-order valence-electron chi connectivity index (χ4n) is 3.56. The van der Waals surface area contributed by atoms with E-state index >= 15 is 0 Å². The number of nitrogens with zero attached hydrogens (tertiary/aromatic N) is 1. The smallest absolute Gasteiger partial charge is 0.326 e. The maximum Gasteiger partial charge on any atom is 0.326 e. The summed E-state index contributed by atoms with van der Waals surface area (Å²) in [6.45, 7) is 5.12. The summed E-state index contributed by atoms with van der Waals surface area (Å²) in [4.78, 5) is 49.4. The van der Waals surface area contributed by atoms with E-state index in [-0.39, 0.29) is 11.9 Å². The second kappa shape index (κ2) is 8.51. The number of rotatable bonds is 7. The number of hydrogen-bond acceptors (Lipinski definition) is 5. The van der Waals surface area contributed by atoms with Crippen LogP contribution in [0.2, 0.25) is 0 Å². The first kappa shape index (κ1) is 20.2. The van der Waals surface area contributed by atoms with Crippen LogP contribution < -0.4 is 10.6 Å². The third-order valence-electron chi connectivity index (χ3n) is 5.15. The maximum atomic E-state index is 12.6. The van der Waals surface area contributed by atoms with Crippen molar-refractivity contribution >= 4 is 23.8 Å². The lowest BCUT2D eigenvalue weighted by molar-refractivity contribution is -0.151. The highest BCUT2D eigenvalue weighted by atomic mass is 16.5. The molecule has 146 valence electrons. The Hall–Kier alpha value is -2.12. The van der Waals surface area contributed by atoms with Crippen molar-refractivity contribution in [3.8, 4) is 0 Å². The van der Waals surface area contributed by atoms with Crippen molar-refractivity contribution < 1.29 is 23.9 Å². The zero-order valence-corrected chi connectivity index (χ0v) is 15.8. The monoisotopic (exact) mass is 367 g/mol. The molecule has 0 radical (unpaired) electrons. The van der Waals surface area contributed by atoms with Crippen molar-refractivity contribution in [2.75, 3.05) is 13.2 Å². The van der Waals surface area contributed by atoms with Gasteiger partial charge in [0.15, 0.2) is 6.61 Å². The molecule has 1 spiro atoms. The van der Waals surface area contributed by atoms with E-state index in [1.165, 1.54) is 0 Å². The first-order chi connectivity index (χ1) is 12.3. The number of ether oxygens (including phenoxy) is 1. The lowest BCUT2D eigenvalue weighted by Crippen LogP contribution is -2.49. The normalized spacial score (nSPS) is 26.6. The van der Waals surface area contributed by atoms with Gasteiger partial charge in [-0.05, 0) is 44.9 Å². The Kier molecular flexibility index (Phi) is 6.61. The minimum Gasteiger partial charge on any atom is -0.454 e. The fourth-order valence-corrected chi connectivity index (χ4v) is 3.56. The summed E-state index contributed by atoms with van der Waals surface area (Å²) < 4.78 is 4.91. The highest BCUT2D eigenvalue weighted by molar-refractivity contribution is 6.08. The first-order valence-corrected chi connectivity index (χ1v) is 9.36. The van der Waals surface area contributed by atoms with Crippen molar-refractivity contribution in [1.29, 1.82) is 0 Å².